The Bertz CT molecular complexity index is 347. The van der Waals surface area contributed by atoms with Gasteiger partial charge in [0.1, 0.15) is 0 Å². The van der Waals surface area contributed by atoms with Crippen molar-refractivity contribution in [3.8, 4) is 0 Å². The predicted molar refractivity (Wildman–Crippen MR) is 86.7 cm³/mol. The van der Waals surface area contributed by atoms with Crippen LogP contribution in [0.15, 0.2) is 24.5 Å². The van der Waals surface area contributed by atoms with Gasteiger partial charge in [-0.05, 0) is 56.0 Å². The third-order valence-corrected chi connectivity index (χ3v) is 4.23. The second kappa shape index (κ2) is 9.09. The Morgan fingerprint density at radius 2 is 1.80 bits per heavy atom. The summed E-state index contributed by atoms with van der Waals surface area (Å²) >= 11 is 0. The van der Waals surface area contributed by atoms with Gasteiger partial charge in [0, 0.05) is 32.0 Å². The zero-order valence-corrected chi connectivity index (χ0v) is 13.7. The van der Waals surface area contributed by atoms with E-state index in [0.29, 0.717) is 5.41 Å². The fourth-order valence-electron chi connectivity index (χ4n) is 2.74. The summed E-state index contributed by atoms with van der Waals surface area (Å²) in [6, 6.07) is 4.21. The van der Waals surface area contributed by atoms with Gasteiger partial charge in [0.25, 0.3) is 0 Å². The molecule has 0 aliphatic rings. The van der Waals surface area contributed by atoms with Crippen molar-refractivity contribution in [1.29, 1.82) is 0 Å². The first-order chi connectivity index (χ1) is 9.65. The van der Waals surface area contributed by atoms with Gasteiger partial charge in [-0.15, -0.1) is 0 Å². The standard InChI is InChI=1S/C17H31N3/c1-5-10-19-14-17(6-2,7-3)15-20(4)13-16-8-11-18-12-9-16/h8-9,11-12,19H,5-7,10,13-15H2,1-4H3. The number of hydrogen-bond acceptors (Lipinski definition) is 3. The van der Waals surface area contributed by atoms with Crippen LogP contribution in [0.5, 0.6) is 0 Å². The van der Waals surface area contributed by atoms with Crippen LogP contribution in [0, 0.1) is 5.41 Å². The van der Waals surface area contributed by atoms with Crippen molar-refractivity contribution in [1.82, 2.24) is 15.2 Å². The number of rotatable bonds is 10. The highest BCUT2D eigenvalue weighted by Gasteiger charge is 2.27. The summed E-state index contributed by atoms with van der Waals surface area (Å²) in [6.45, 7) is 11.2. The van der Waals surface area contributed by atoms with E-state index in [1.54, 1.807) is 0 Å². The number of aromatic nitrogens is 1. The van der Waals surface area contributed by atoms with Crippen LogP contribution in [-0.4, -0.2) is 36.6 Å². The smallest absolute Gasteiger partial charge is 0.0271 e. The molecular weight excluding hydrogens is 246 g/mol. The lowest BCUT2D eigenvalue weighted by Crippen LogP contribution is -2.42. The quantitative estimate of drug-likeness (QED) is 0.665. The highest BCUT2D eigenvalue weighted by atomic mass is 15.1. The van der Waals surface area contributed by atoms with E-state index >= 15 is 0 Å². The number of nitrogens with one attached hydrogen (secondary N) is 1. The first-order valence-corrected chi connectivity index (χ1v) is 7.94. The number of pyridine rings is 1. The average molecular weight is 277 g/mol. The molecular formula is C17H31N3. The lowest BCUT2D eigenvalue weighted by Gasteiger charge is -2.36. The highest BCUT2D eigenvalue weighted by molar-refractivity contribution is 5.09. The molecule has 0 radical (unpaired) electrons. The fourth-order valence-corrected chi connectivity index (χ4v) is 2.74. The molecule has 1 aromatic rings. The maximum Gasteiger partial charge on any atom is 0.0271 e. The van der Waals surface area contributed by atoms with Crippen LogP contribution in [0.4, 0.5) is 0 Å². The third kappa shape index (κ3) is 5.59. The topological polar surface area (TPSA) is 28.2 Å². The van der Waals surface area contributed by atoms with Crippen molar-refractivity contribution >= 4 is 0 Å². The molecule has 0 aromatic carbocycles. The Labute approximate surface area is 124 Å². The van der Waals surface area contributed by atoms with Crippen LogP contribution in [0.25, 0.3) is 0 Å². The molecule has 0 aliphatic carbocycles. The van der Waals surface area contributed by atoms with E-state index in [4.69, 9.17) is 0 Å². The van der Waals surface area contributed by atoms with E-state index in [1.165, 1.54) is 24.8 Å². The molecule has 3 heteroatoms. The SMILES string of the molecule is CCCNCC(CC)(CC)CN(C)Cc1ccncc1. The summed E-state index contributed by atoms with van der Waals surface area (Å²) in [7, 11) is 2.22. The summed E-state index contributed by atoms with van der Waals surface area (Å²) in [4.78, 5) is 6.52. The molecule has 0 amide bonds. The first-order valence-electron chi connectivity index (χ1n) is 7.94. The van der Waals surface area contributed by atoms with Crippen molar-refractivity contribution in [2.45, 2.75) is 46.6 Å². The molecule has 1 heterocycles. The van der Waals surface area contributed by atoms with Crippen LogP contribution in [0.2, 0.25) is 0 Å². The zero-order chi connectivity index (χ0) is 14.8. The van der Waals surface area contributed by atoms with Crippen molar-refractivity contribution in [2.24, 2.45) is 5.41 Å². The Morgan fingerprint density at radius 3 is 2.35 bits per heavy atom. The van der Waals surface area contributed by atoms with Crippen molar-refractivity contribution in [3.63, 3.8) is 0 Å². The van der Waals surface area contributed by atoms with Crippen molar-refractivity contribution in [2.75, 3.05) is 26.7 Å². The molecule has 3 nitrogen and oxygen atoms in total. The van der Waals surface area contributed by atoms with Crippen LogP contribution in [-0.2, 0) is 6.54 Å². The number of nitrogens with zero attached hydrogens (tertiary/aromatic N) is 2. The molecule has 1 aromatic heterocycles. The molecule has 0 saturated carbocycles. The third-order valence-electron chi connectivity index (χ3n) is 4.23. The van der Waals surface area contributed by atoms with Gasteiger partial charge in [-0.3, -0.25) is 4.98 Å². The van der Waals surface area contributed by atoms with Gasteiger partial charge >= 0.3 is 0 Å². The molecule has 0 saturated heterocycles. The van der Waals surface area contributed by atoms with Crippen LogP contribution in [0.3, 0.4) is 0 Å². The average Bonchev–Trinajstić information content (AvgIpc) is 2.47. The summed E-state index contributed by atoms with van der Waals surface area (Å²) in [5, 5.41) is 3.61. The Kier molecular flexibility index (Phi) is 7.78. The minimum absolute atomic E-state index is 0.386. The van der Waals surface area contributed by atoms with Crippen molar-refractivity contribution in [3.05, 3.63) is 30.1 Å². The van der Waals surface area contributed by atoms with Gasteiger partial charge in [-0.25, -0.2) is 0 Å². The summed E-state index contributed by atoms with van der Waals surface area (Å²) in [6.07, 6.45) is 7.40. The van der Waals surface area contributed by atoms with E-state index in [1.807, 2.05) is 12.4 Å². The molecule has 0 fully saturated rings. The van der Waals surface area contributed by atoms with E-state index in [-0.39, 0.29) is 0 Å². The van der Waals surface area contributed by atoms with Gasteiger partial charge in [-0.2, -0.15) is 0 Å². The normalized spacial score (nSPS) is 12.1. The summed E-state index contributed by atoms with van der Waals surface area (Å²) in [5.74, 6) is 0. The minimum Gasteiger partial charge on any atom is -0.316 e. The van der Waals surface area contributed by atoms with Crippen LogP contribution in [0.1, 0.15) is 45.6 Å². The van der Waals surface area contributed by atoms with E-state index in [9.17, 15) is 0 Å². The van der Waals surface area contributed by atoms with Crippen LogP contribution >= 0.6 is 0 Å². The van der Waals surface area contributed by atoms with Gasteiger partial charge < -0.3 is 10.2 Å². The van der Waals surface area contributed by atoms with Gasteiger partial charge in [0.15, 0.2) is 0 Å². The van der Waals surface area contributed by atoms with E-state index in [0.717, 1.165) is 26.2 Å². The summed E-state index contributed by atoms with van der Waals surface area (Å²) < 4.78 is 0. The molecule has 1 rings (SSSR count). The fraction of sp³-hybridized carbons (Fsp3) is 0.706. The van der Waals surface area contributed by atoms with Crippen LogP contribution < -0.4 is 5.32 Å². The largest absolute Gasteiger partial charge is 0.316 e. The Hall–Kier alpha value is -0.930. The molecule has 0 atom stereocenters. The van der Waals surface area contributed by atoms with Gasteiger partial charge in [0.05, 0.1) is 0 Å². The van der Waals surface area contributed by atoms with Crippen molar-refractivity contribution < 1.29 is 0 Å². The van der Waals surface area contributed by atoms with E-state index in [2.05, 4.69) is 55.2 Å². The highest BCUT2D eigenvalue weighted by Crippen LogP contribution is 2.27. The summed E-state index contributed by atoms with van der Waals surface area (Å²) in [5.41, 5.74) is 1.72. The minimum atomic E-state index is 0.386. The second-order valence-electron chi connectivity index (χ2n) is 5.91. The molecule has 114 valence electrons. The molecule has 1 N–H and O–H groups in total. The molecule has 0 spiro atoms. The maximum absolute atomic E-state index is 4.08. The molecule has 20 heavy (non-hydrogen) atoms. The Morgan fingerprint density at radius 1 is 1.15 bits per heavy atom. The van der Waals surface area contributed by atoms with Gasteiger partial charge in [-0.1, -0.05) is 20.8 Å². The first kappa shape index (κ1) is 17.1. The number of hydrogen-bond donors (Lipinski definition) is 1. The lowest BCUT2D eigenvalue weighted by atomic mass is 9.81. The van der Waals surface area contributed by atoms with E-state index < -0.39 is 0 Å². The molecule has 0 bridgehead atoms. The zero-order valence-electron chi connectivity index (χ0n) is 13.7. The lowest BCUT2D eigenvalue weighted by molar-refractivity contribution is 0.151. The molecule has 0 aliphatic heterocycles. The maximum atomic E-state index is 4.08. The monoisotopic (exact) mass is 277 g/mol. The Balaban J connectivity index is 2.55. The predicted octanol–water partition coefficient (Wildman–Crippen LogP) is 3.32. The van der Waals surface area contributed by atoms with Gasteiger partial charge in [0.2, 0.25) is 0 Å². The molecule has 0 unspecified atom stereocenters. The second-order valence-corrected chi connectivity index (χ2v) is 5.91.